The van der Waals surface area contributed by atoms with E-state index < -0.39 is 34.9 Å². The Bertz CT molecular complexity index is 841. The molecule has 2 heterocycles. The van der Waals surface area contributed by atoms with Gasteiger partial charge < -0.3 is 21.3 Å². The van der Waals surface area contributed by atoms with Gasteiger partial charge in [-0.05, 0) is 30.3 Å². The van der Waals surface area contributed by atoms with Crippen molar-refractivity contribution in [3.05, 3.63) is 47.9 Å². The van der Waals surface area contributed by atoms with Crippen LogP contribution in [0.15, 0.2) is 36.5 Å². The van der Waals surface area contributed by atoms with Crippen LogP contribution in [0.2, 0.25) is 0 Å². The molecular weight excluding hydrogens is 342 g/mol. The van der Waals surface area contributed by atoms with Gasteiger partial charge in [0.25, 0.3) is 11.7 Å². The summed E-state index contributed by atoms with van der Waals surface area (Å²) in [5, 5.41) is 5.17. The number of rotatable bonds is 3. The summed E-state index contributed by atoms with van der Waals surface area (Å²) in [5.41, 5.74) is 4.33. The third-order valence-electron chi connectivity index (χ3n) is 3.92. The number of primary amides is 1. The lowest BCUT2D eigenvalue weighted by Gasteiger charge is -2.35. The monoisotopic (exact) mass is 355 g/mol. The van der Waals surface area contributed by atoms with Gasteiger partial charge in [-0.1, -0.05) is 0 Å². The van der Waals surface area contributed by atoms with Crippen molar-refractivity contribution < 1.29 is 22.4 Å². The number of nitrogens with one attached hydrogen (secondary N) is 2. The van der Waals surface area contributed by atoms with E-state index in [9.17, 15) is 22.4 Å². The Balaban J connectivity index is 2.05. The summed E-state index contributed by atoms with van der Waals surface area (Å²) in [6.07, 6.45) is -3.20. The Morgan fingerprint density at radius 3 is 2.68 bits per heavy atom. The first kappa shape index (κ1) is 16.8. The van der Waals surface area contributed by atoms with Gasteiger partial charge in [-0.3, -0.25) is 4.79 Å². The molecule has 1 aromatic heterocycles. The molecule has 0 spiro atoms. The molecule has 0 saturated heterocycles. The van der Waals surface area contributed by atoms with Gasteiger partial charge >= 0.3 is 6.18 Å². The van der Waals surface area contributed by atoms with Gasteiger partial charge in [0.05, 0.1) is 16.9 Å². The van der Waals surface area contributed by atoms with Crippen LogP contribution in [0.3, 0.4) is 0 Å². The first-order valence-electron chi connectivity index (χ1n) is 7.07. The number of nitrogens with two attached hydrogens (primary N) is 1. The number of anilines is 3. The first-order chi connectivity index (χ1) is 11.6. The van der Waals surface area contributed by atoms with Crippen LogP contribution in [0, 0.1) is 5.82 Å². The van der Waals surface area contributed by atoms with Crippen molar-refractivity contribution >= 4 is 23.1 Å². The summed E-state index contributed by atoms with van der Waals surface area (Å²) in [5.74, 6) is -3.52. The highest BCUT2D eigenvalue weighted by Gasteiger charge is 2.48. The van der Waals surface area contributed by atoms with Crippen LogP contribution >= 0.6 is 0 Å². The lowest BCUT2D eigenvalue weighted by molar-refractivity contribution is -0.137. The normalized spacial score (nSPS) is 19.3. The predicted octanol–water partition coefficient (Wildman–Crippen LogP) is 2.35. The Kier molecular flexibility index (Phi) is 3.70. The van der Waals surface area contributed by atoms with Gasteiger partial charge in [0.1, 0.15) is 5.82 Å². The molecule has 10 heteroatoms. The maximum atomic E-state index is 14.1. The Labute approximate surface area is 139 Å². The van der Waals surface area contributed by atoms with Crippen LogP contribution in [0.4, 0.5) is 34.8 Å². The van der Waals surface area contributed by atoms with Crippen molar-refractivity contribution in [3.8, 4) is 0 Å². The molecule has 3 rings (SSSR count). The molecule has 1 aromatic carbocycles. The molecule has 4 N–H and O–H groups in total. The topological polar surface area (TPSA) is 83.3 Å². The number of hydrogen-bond acceptors (Lipinski definition) is 5. The van der Waals surface area contributed by atoms with E-state index >= 15 is 0 Å². The number of pyridine rings is 1. The van der Waals surface area contributed by atoms with Crippen LogP contribution < -0.4 is 21.3 Å². The maximum Gasteiger partial charge on any atom is 0.416 e. The lowest BCUT2D eigenvalue weighted by atomic mass is 10.1. The van der Waals surface area contributed by atoms with Gasteiger partial charge in [0.15, 0.2) is 5.82 Å². The van der Waals surface area contributed by atoms with Crippen LogP contribution in [-0.2, 0) is 11.0 Å². The second-order valence-corrected chi connectivity index (χ2v) is 5.45. The van der Waals surface area contributed by atoms with Crippen molar-refractivity contribution in [2.45, 2.75) is 12.0 Å². The third kappa shape index (κ3) is 2.69. The van der Waals surface area contributed by atoms with Crippen molar-refractivity contribution in [1.29, 1.82) is 0 Å². The molecule has 132 valence electrons. The van der Waals surface area contributed by atoms with Gasteiger partial charge in [-0.2, -0.15) is 13.2 Å². The highest BCUT2D eigenvalue weighted by Crippen LogP contribution is 2.39. The number of carbonyl (C=O) groups excluding carboxylic acids is 1. The van der Waals surface area contributed by atoms with Gasteiger partial charge in [0.2, 0.25) is 0 Å². The zero-order valence-electron chi connectivity index (χ0n) is 12.9. The predicted molar refractivity (Wildman–Crippen MR) is 83.2 cm³/mol. The molecule has 1 aliphatic heterocycles. The Hall–Kier alpha value is -3.04. The third-order valence-corrected chi connectivity index (χ3v) is 3.92. The van der Waals surface area contributed by atoms with Crippen molar-refractivity contribution in [3.63, 3.8) is 0 Å². The number of nitrogens with zero attached hydrogens (tertiary/aromatic N) is 2. The Morgan fingerprint density at radius 1 is 1.36 bits per heavy atom. The fourth-order valence-electron chi connectivity index (χ4n) is 2.60. The molecular formula is C15H13F4N5O. The van der Waals surface area contributed by atoms with E-state index in [1.54, 1.807) is 12.1 Å². The minimum atomic E-state index is -4.66. The highest BCUT2D eigenvalue weighted by atomic mass is 19.4. The van der Waals surface area contributed by atoms with E-state index in [-0.39, 0.29) is 5.82 Å². The average Bonchev–Trinajstić information content (AvgIpc) is 2.82. The number of carbonyl (C=O) groups is 1. The largest absolute Gasteiger partial charge is 0.416 e. The van der Waals surface area contributed by atoms with E-state index in [0.717, 1.165) is 0 Å². The standard InChI is InChI=1S/C15H13F4N5O/c1-24-11-3-2-6-21-12(11)23-15(24,13(20)25)22-10-7-8(14(17,18)19)4-5-9(10)16/h2-7,22H,1H3,(H2,20,25)(H,21,23). The van der Waals surface area contributed by atoms with E-state index in [4.69, 9.17) is 5.73 Å². The molecule has 0 fully saturated rings. The molecule has 1 aliphatic rings. The molecule has 25 heavy (non-hydrogen) atoms. The van der Waals surface area contributed by atoms with Crippen LogP contribution in [-0.4, -0.2) is 23.7 Å². The van der Waals surface area contributed by atoms with Crippen molar-refractivity contribution in [2.24, 2.45) is 5.73 Å². The average molecular weight is 355 g/mol. The van der Waals surface area contributed by atoms with E-state index in [0.29, 0.717) is 23.9 Å². The molecule has 2 aromatic rings. The SMILES string of the molecule is CN1c2cccnc2NC1(Nc1cc(C(F)(F)F)ccc1F)C(N)=O. The highest BCUT2D eigenvalue weighted by molar-refractivity contribution is 5.98. The Morgan fingerprint density at radius 2 is 2.08 bits per heavy atom. The minimum Gasteiger partial charge on any atom is -0.364 e. The van der Waals surface area contributed by atoms with Crippen molar-refractivity contribution in [1.82, 2.24) is 4.98 Å². The van der Waals surface area contributed by atoms with Gasteiger partial charge in [0, 0.05) is 13.2 Å². The molecule has 0 aliphatic carbocycles. The number of aromatic nitrogens is 1. The summed E-state index contributed by atoms with van der Waals surface area (Å²) in [4.78, 5) is 17.5. The maximum absolute atomic E-state index is 14.1. The first-order valence-corrected chi connectivity index (χ1v) is 7.07. The number of likely N-dealkylation sites (N-methyl/N-ethyl adjacent to an activating group) is 1. The van der Waals surface area contributed by atoms with Crippen LogP contribution in [0.5, 0.6) is 0 Å². The lowest BCUT2D eigenvalue weighted by Crippen LogP contribution is -2.64. The smallest absolute Gasteiger partial charge is 0.364 e. The summed E-state index contributed by atoms with van der Waals surface area (Å²) in [7, 11) is 1.48. The second-order valence-electron chi connectivity index (χ2n) is 5.45. The molecule has 0 radical (unpaired) electrons. The summed E-state index contributed by atoms with van der Waals surface area (Å²) >= 11 is 0. The van der Waals surface area contributed by atoms with Crippen molar-refractivity contribution in [2.75, 3.05) is 22.6 Å². The second kappa shape index (κ2) is 5.50. The fraction of sp³-hybridized carbons (Fsp3) is 0.200. The molecule has 1 amide bonds. The zero-order valence-corrected chi connectivity index (χ0v) is 12.9. The quantitative estimate of drug-likeness (QED) is 0.736. The number of fused-ring (bicyclic) bond motifs is 1. The number of halogens is 4. The number of alkyl halides is 3. The molecule has 0 bridgehead atoms. The van der Waals surface area contributed by atoms with Gasteiger partial charge in [-0.25, -0.2) is 9.37 Å². The van der Waals surface area contributed by atoms with E-state index in [1.807, 2.05) is 0 Å². The zero-order chi connectivity index (χ0) is 18.4. The van der Waals surface area contributed by atoms with Crippen LogP contribution in [0.25, 0.3) is 0 Å². The minimum absolute atomic E-state index is 0.281. The number of amides is 1. The number of benzene rings is 1. The summed E-state index contributed by atoms with van der Waals surface area (Å²) in [6.45, 7) is 0. The molecule has 1 unspecified atom stereocenters. The number of hydrogen-bond donors (Lipinski definition) is 3. The molecule has 0 saturated carbocycles. The molecule has 1 atom stereocenters. The molecule has 6 nitrogen and oxygen atoms in total. The van der Waals surface area contributed by atoms with Gasteiger partial charge in [-0.15, -0.1) is 0 Å². The summed E-state index contributed by atoms with van der Waals surface area (Å²) < 4.78 is 52.7. The van der Waals surface area contributed by atoms with E-state index in [2.05, 4.69) is 15.6 Å². The fourth-order valence-corrected chi connectivity index (χ4v) is 2.60. The van der Waals surface area contributed by atoms with E-state index in [1.165, 1.54) is 18.1 Å². The summed E-state index contributed by atoms with van der Waals surface area (Å²) in [6, 6.07) is 5.09. The van der Waals surface area contributed by atoms with Crippen LogP contribution in [0.1, 0.15) is 5.56 Å².